The molecule has 0 aliphatic rings. The van der Waals surface area contributed by atoms with E-state index in [0.717, 1.165) is 22.9 Å². The van der Waals surface area contributed by atoms with Gasteiger partial charge in [0.05, 0.1) is 5.52 Å². The van der Waals surface area contributed by atoms with Gasteiger partial charge in [-0.2, -0.15) is 0 Å². The molecule has 0 aliphatic heterocycles. The van der Waals surface area contributed by atoms with Crippen LogP contribution >= 0.6 is 0 Å². The standard InChI is InChI=1S/C15H20N2O/c1-2-14(16)12(8-10-18)13-7-3-5-11-6-4-9-17-15(11)13/h3-7,9,12,14,18H,2,8,10,16H2,1H3. The zero-order valence-corrected chi connectivity index (χ0v) is 10.7. The third-order valence-electron chi connectivity index (χ3n) is 3.49. The first-order chi connectivity index (χ1) is 8.77. The first-order valence-corrected chi connectivity index (χ1v) is 6.48. The van der Waals surface area contributed by atoms with Crippen LogP contribution in [0.25, 0.3) is 10.9 Å². The number of hydrogen-bond donors (Lipinski definition) is 2. The van der Waals surface area contributed by atoms with Crippen LogP contribution in [0.1, 0.15) is 31.2 Å². The van der Waals surface area contributed by atoms with E-state index < -0.39 is 0 Å². The maximum Gasteiger partial charge on any atom is 0.0737 e. The Kier molecular flexibility index (Phi) is 4.28. The maximum absolute atomic E-state index is 9.24. The lowest BCUT2D eigenvalue weighted by atomic mass is 9.86. The maximum atomic E-state index is 9.24. The van der Waals surface area contributed by atoms with Crippen molar-refractivity contribution in [2.24, 2.45) is 5.73 Å². The fourth-order valence-corrected chi connectivity index (χ4v) is 2.45. The van der Waals surface area contributed by atoms with Crippen molar-refractivity contribution in [2.45, 2.75) is 31.7 Å². The second-order valence-corrected chi connectivity index (χ2v) is 4.61. The molecular formula is C15H20N2O. The van der Waals surface area contributed by atoms with Gasteiger partial charge >= 0.3 is 0 Å². The average Bonchev–Trinajstić information content (AvgIpc) is 2.43. The molecule has 0 spiro atoms. The van der Waals surface area contributed by atoms with Gasteiger partial charge in [-0.05, 0) is 24.5 Å². The van der Waals surface area contributed by atoms with E-state index in [-0.39, 0.29) is 18.6 Å². The average molecular weight is 244 g/mol. The molecule has 0 aliphatic carbocycles. The van der Waals surface area contributed by atoms with Crippen LogP contribution in [0.15, 0.2) is 36.5 Å². The molecule has 18 heavy (non-hydrogen) atoms. The largest absolute Gasteiger partial charge is 0.396 e. The van der Waals surface area contributed by atoms with Gasteiger partial charge in [-0.15, -0.1) is 0 Å². The topological polar surface area (TPSA) is 59.1 Å². The molecule has 0 fully saturated rings. The summed E-state index contributed by atoms with van der Waals surface area (Å²) in [5, 5.41) is 10.4. The molecule has 0 bridgehead atoms. The van der Waals surface area contributed by atoms with Crippen LogP contribution in [0.5, 0.6) is 0 Å². The number of fused-ring (bicyclic) bond motifs is 1. The number of rotatable bonds is 5. The predicted octanol–water partition coefficient (Wildman–Crippen LogP) is 2.44. The van der Waals surface area contributed by atoms with Crippen molar-refractivity contribution in [3.05, 3.63) is 42.1 Å². The highest BCUT2D eigenvalue weighted by Crippen LogP contribution is 2.29. The second kappa shape index (κ2) is 5.94. The zero-order valence-electron chi connectivity index (χ0n) is 10.7. The van der Waals surface area contributed by atoms with E-state index in [0.29, 0.717) is 6.42 Å². The quantitative estimate of drug-likeness (QED) is 0.849. The van der Waals surface area contributed by atoms with Gasteiger partial charge < -0.3 is 10.8 Å². The molecule has 0 amide bonds. The molecule has 1 aromatic heterocycles. The summed E-state index contributed by atoms with van der Waals surface area (Å²) in [4.78, 5) is 4.46. The van der Waals surface area contributed by atoms with E-state index in [1.807, 2.05) is 12.1 Å². The lowest BCUT2D eigenvalue weighted by molar-refractivity contribution is 0.266. The van der Waals surface area contributed by atoms with Crippen molar-refractivity contribution in [1.29, 1.82) is 0 Å². The summed E-state index contributed by atoms with van der Waals surface area (Å²) in [5.74, 6) is 0.165. The van der Waals surface area contributed by atoms with Gasteiger partial charge in [-0.25, -0.2) is 0 Å². The van der Waals surface area contributed by atoms with Crippen molar-refractivity contribution < 1.29 is 5.11 Å². The Morgan fingerprint density at radius 3 is 2.78 bits per heavy atom. The Morgan fingerprint density at radius 2 is 2.06 bits per heavy atom. The summed E-state index contributed by atoms with van der Waals surface area (Å²) < 4.78 is 0. The molecule has 3 nitrogen and oxygen atoms in total. The normalized spacial score (nSPS) is 14.6. The lowest BCUT2D eigenvalue weighted by Crippen LogP contribution is -2.28. The predicted molar refractivity (Wildman–Crippen MR) is 74.5 cm³/mol. The Labute approximate surface area is 108 Å². The van der Waals surface area contributed by atoms with Gasteiger partial charge in [0.25, 0.3) is 0 Å². The number of nitrogens with zero attached hydrogens (tertiary/aromatic N) is 1. The summed E-state index contributed by atoms with van der Waals surface area (Å²) in [7, 11) is 0. The molecule has 2 aromatic rings. The van der Waals surface area contributed by atoms with E-state index in [1.54, 1.807) is 6.20 Å². The second-order valence-electron chi connectivity index (χ2n) is 4.61. The summed E-state index contributed by atoms with van der Waals surface area (Å²) in [6.07, 6.45) is 3.39. The minimum absolute atomic E-state index is 0.0600. The highest BCUT2D eigenvalue weighted by Gasteiger charge is 2.20. The number of para-hydroxylation sites is 1. The van der Waals surface area contributed by atoms with E-state index in [9.17, 15) is 5.11 Å². The molecule has 96 valence electrons. The van der Waals surface area contributed by atoms with Crippen LogP contribution in [0, 0.1) is 0 Å². The molecule has 0 saturated carbocycles. The van der Waals surface area contributed by atoms with E-state index >= 15 is 0 Å². The molecular weight excluding hydrogens is 224 g/mol. The molecule has 2 rings (SSSR count). The van der Waals surface area contributed by atoms with Crippen LogP contribution in [0.2, 0.25) is 0 Å². The summed E-state index contributed by atoms with van der Waals surface area (Å²) >= 11 is 0. The summed E-state index contributed by atoms with van der Waals surface area (Å²) in [6, 6.07) is 10.2. The number of aliphatic hydroxyl groups is 1. The molecule has 2 atom stereocenters. The molecule has 2 unspecified atom stereocenters. The van der Waals surface area contributed by atoms with Crippen LogP contribution in [-0.2, 0) is 0 Å². The summed E-state index contributed by atoms with van der Waals surface area (Å²) in [6.45, 7) is 2.23. The van der Waals surface area contributed by atoms with E-state index in [2.05, 4.69) is 30.1 Å². The number of hydrogen-bond acceptors (Lipinski definition) is 3. The minimum Gasteiger partial charge on any atom is -0.396 e. The van der Waals surface area contributed by atoms with Gasteiger partial charge in [0.2, 0.25) is 0 Å². The van der Waals surface area contributed by atoms with Crippen LogP contribution in [0.4, 0.5) is 0 Å². The molecule has 1 heterocycles. The monoisotopic (exact) mass is 244 g/mol. The van der Waals surface area contributed by atoms with E-state index in [4.69, 9.17) is 5.73 Å². The minimum atomic E-state index is 0.0600. The Bertz CT molecular complexity index is 507. The van der Waals surface area contributed by atoms with Crippen LogP contribution < -0.4 is 5.73 Å². The Hall–Kier alpha value is -1.45. The Morgan fingerprint density at radius 1 is 1.28 bits per heavy atom. The van der Waals surface area contributed by atoms with Crippen molar-refractivity contribution in [2.75, 3.05) is 6.61 Å². The molecule has 3 heteroatoms. The van der Waals surface area contributed by atoms with Gasteiger partial charge in [0.15, 0.2) is 0 Å². The van der Waals surface area contributed by atoms with E-state index in [1.165, 1.54) is 0 Å². The number of nitrogens with two attached hydrogens (primary N) is 1. The zero-order chi connectivity index (χ0) is 13.0. The third-order valence-corrected chi connectivity index (χ3v) is 3.49. The van der Waals surface area contributed by atoms with Crippen molar-refractivity contribution in [3.63, 3.8) is 0 Å². The SMILES string of the molecule is CCC(N)C(CCO)c1cccc2cccnc12. The fraction of sp³-hybridized carbons (Fsp3) is 0.400. The first kappa shape index (κ1) is 13.0. The smallest absolute Gasteiger partial charge is 0.0737 e. The van der Waals surface area contributed by atoms with Crippen molar-refractivity contribution in [3.8, 4) is 0 Å². The van der Waals surface area contributed by atoms with Crippen molar-refractivity contribution in [1.82, 2.24) is 4.98 Å². The molecule has 3 N–H and O–H groups in total. The highest BCUT2D eigenvalue weighted by molar-refractivity contribution is 5.82. The van der Waals surface area contributed by atoms with Crippen molar-refractivity contribution >= 4 is 10.9 Å². The van der Waals surface area contributed by atoms with Gasteiger partial charge in [-0.1, -0.05) is 31.2 Å². The number of pyridine rings is 1. The van der Waals surface area contributed by atoms with Gasteiger partial charge in [0.1, 0.15) is 0 Å². The number of aromatic nitrogens is 1. The van der Waals surface area contributed by atoms with Gasteiger partial charge in [-0.3, -0.25) is 4.98 Å². The van der Waals surface area contributed by atoms with Crippen LogP contribution in [0.3, 0.4) is 0 Å². The van der Waals surface area contributed by atoms with Crippen LogP contribution in [-0.4, -0.2) is 22.7 Å². The molecule has 0 radical (unpaired) electrons. The van der Waals surface area contributed by atoms with Gasteiger partial charge in [0, 0.05) is 30.1 Å². The molecule has 1 aromatic carbocycles. The fourth-order valence-electron chi connectivity index (χ4n) is 2.45. The summed E-state index contributed by atoms with van der Waals surface area (Å²) in [5.41, 5.74) is 8.34. The third kappa shape index (κ3) is 2.52. The number of aliphatic hydroxyl groups excluding tert-OH is 1. The first-order valence-electron chi connectivity index (χ1n) is 6.48. The lowest BCUT2D eigenvalue weighted by Gasteiger charge is -2.23. The highest BCUT2D eigenvalue weighted by atomic mass is 16.3. The number of benzene rings is 1. The molecule has 0 saturated heterocycles. The Balaban J connectivity index is 2.49.